The Kier molecular flexibility index (Phi) is 11.1. The van der Waals surface area contributed by atoms with Crippen LogP contribution in [0, 0.1) is 5.92 Å². The van der Waals surface area contributed by atoms with Crippen molar-refractivity contribution in [1.82, 2.24) is 16.0 Å². The number of rotatable bonds is 12. The average molecular weight is 421 g/mol. The van der Waals surface area contributed by atoms with Crippen molar-refractivity contribution >= 4 is 42.2 Å². The van der Waals surface area contributed by atoms with Gasteiger partial charge in [-0.25, -0.2) is 4.79 Å². The zero-order valence-corrected chi connectivity index (χ0v) is 16.4. The van der Waals surface area contributed by atoms with Gasteiger partial charge in [0.05, 0.1) is 13.0 Å². The third kappa shape index (κ3) is 8.54. The van der Waals surface area contributed by atoms with E-state index in [4.69, 9.17) is 21.7 Å². The third-order valence-electron chi connectivity index (χ3n) is 3.62. The molecule has 4 unspecified atom stereocenters. The number of carbonyl (C=O) groups is 5. The lowest BCUT2D eigenvalue weighted by atomic mass is 10.0. The number of carboxylic acid groups (broad SMARTS) is 1. The van der Waals surface area contributed by atoms with Gasteiger partial charge in [-0.15, -0.1) is 0 Å². The Morgan fingerprint density at radius 2 is 1.46 bits per heavy atom. The highest BCUT2D eigenvalue weighted by Crippen LogP contribution is 2.04. The molecular formula is C15H27N5O7S. The molecule has 9 N–H and O–H groups in total. The predicted octanol–water partition coefficient (Wildman–Crippen LogP) is -3.69. The van der Waals surface area contributed by atoms with Gasteiger partial charge in [0.15, 0.2) is 0 Å². The van der Waals surface area contributed by atoms with E-state index < -0.39 is 72.7 Å². The molecule has 28 heavy (non-hydrogen) atoms. The molecule has 0 bridgehead atoms. The van der Waals surface area contributed by atoms with E-state index in [-0.39, 0.29) is 5.75 Å². The molecule has 0 aliphatic heterocycles. The van der Waals surface area contributed by atoms with Crippen molar-refractivity contribution < 1.29 is 34.2 Å². The van der Waals surface area contributed by atoms with Crippen molar-refractivity contribution in [2.24, 2.45) is 17.4 Å². The highest BCUT2D eigenvalue weighted by Gasteiger charge is 2.31. The zero-order chi connectivity index (χ0) is 22.0. The van der Waals surface area contributed by atoms with Gasteiger partial charge < -0.3 is 37.6 Å². The van der Waals surface area contributed by atoms with Crippen LogP contribution in [0.25, 0.3) is 0 Å². The van der Waals surface area contributed by atoms with Gasteiger partial charge in [0.2, 0.25) is 23.6 Å². The molecule has 0 rings (SSSR count). The number of primary amides is 1. The molecule has 13 heteroatoms. The van der Waals surface area contributed by atoms with Gasteiger partial charge in [-0.05, 0) is 5.92 Å². The van der Waals surface area contributed by atoms with Crippen molar-refractivity contribution in [3.05, 3.63) is 0 Å². The largest absolute Gasteiger partial charge is 0.480 e. The average Bonchev–Trinajstić information content (AvgIpc) is 2.61. The van der Waals surface area contributed by atoms with E-state index >= 15 is 0 Å². The molecule has 4 amide bonds. The number of nitrogens with one attached hydrogen (secondary N) is 3. The third-order valence-corrected chi connectivity index (χ3v) is 3.98. The predicted molar refractivity (Wildman–Crippen MR) is 101 cm³/mol. The normalized spacial score (nSPS) is 15.1. The quantitative estimate of drug-likeness (QED) is 0.146. The molecule has 4 atom stereocenters. The van der Waals surface area contributed by atoms with Crippen molar-refractivity contribution in [2.75, 3.05) is 12.4 Å². The van der Waals surface area contributed by atoms with Crippen LogP contribution in [0.2, 0.25) is 0 Å². The van der Waals surface area contributed by atoms with Crippen molar-refractivity contribution in [3.63, 3.8) is 0 Å². The summed E-state index contributed by atoms with van der Waals surface area (Å²) < 4.78 is 0. The molecule has 0 aromatic heterocycles. The second-order valence-electron chi connectivity index (χ2n) is 6.33. The van der Waals surface area contributed by atoms with Crippen LogP contribution >= 0.6 is 12.6 Å². The number of nitrogens with two attached hydrogens (primary N) is 2. The van der Waals surface area contributed by atoms with Gasteiger partial charge in [-0.3, -0.25) is 19.2 Å². The summed E-state index contributed by atoms with van der Waals surface area (Å²) in [5.74, 6) is -5.45. The van der Waals surface area contributed by atoms with Gasteiger partial charge >= 0.3 is 5.97 Å². The van der Waals surface area contributed by atoms with Crippen LogP contribution in [0.4, 0.5) is 0 Å². The zero-order valence-electron chi connectivity index (χ0n) is 15.5. The van der Waals surface area contributed by atoms with E-state index in [0.717, 1.165) is 0 Å². The molecule has 12 nitrogen and oxygen atoms in total. The first kappa shape index (κ1) is 25.6. The summed E-state index contributed by atoms with van der Waals surface area (Å²) in [7, 11) is 0. The van der Waals surface area contributed by atoms with Crippen LogP contribution in [-0.4, -0.2) is 76.3 Å². The number of carboxylic acids is 1. The lowest BCUT2D eigenvalue weighted by molar-refractivity contribution is -0.143. The lowest BCUT2D eigenvalue weighted by Crippen LogP contribution is -2.59. The van der Waals surface area contributed by atoms with Crippen LogP contribution in [0.3, 0.4) is 0 Å². The second-order valence-corrected chi connectivity index (χ2v) is 6.70. The topological polar surface area (TPSA) is 214 Å². The summed E-state index contributed by atoms with van der Waals surface area (Å²) in [5.41, 5.74) is 10.4. The number of aliphatic hydroxyl groups excluding tert-OH is 1. The van der Waals surface area contributed by atoms with E-state index in [1.807, 2.05) is 0 Å². The van der Waals surface area contributed by atoms with E-state index in [9.17, 15) is 24.0 Å². The summed E-state index contributed by atoms with van der Waals surface area (Å²) in [6.07, 6.45) is -0.592. The number of aliphatic hydroxyl groups is 1. The molecule has 0 aromatic carbocycles. The minimum absolute atomic E-state index is 0.176. The maximum absolute atomic E-state index is 12.4. The minimum Gasteiger partial charge on any atom is -0.480 e. The lowest BCUT2D eigenvalue weighted by Gasteiger charge is -2.24. The molecule has 0 spiro atoms. The Bertz CT molecular complexity index is 601. The number of amides is 4. The number of carbonyl (C=O) groups excluding carboxylic acids is 4. The van der Waals surface area contributed by atoms with Crippen LogP contribution < -0.4 is 27.4 Å². The van der Waals surface area contributed by atoms with Crippen LogP contribution in [-0.2, 0) is 24.0 Å². The van der Waals surface area contributed by atoms with Crippen LogP contribution in [0.1, 0.15) is 20.3 Å². The van der Waals surface area contributed by atoms with Gasteiger partial charge in [-0.1, -0.05) is 13.8 Å². The maximum Gasteiger partial charge on any atom is 0.326 e. The minimum atomic E-state index is -1.46. The highest BCUT2D eigenvalue weighted by atomic mass is 32.1. The first-order valence-electron chi connectivity index (χ1n) is 8.34. The first-order valence-corrected chi connectivity index (χ1v) is 8.97. The fourth-order valence-corrected chi connectivity index (χ4v) is 2.26. The Hall–Kier alpha value is -2.38. The van der Waals surface area contributed by atoms with E-state index in [1.165, 1.54) is 0 Å². The van der Waals surface area contributed by atoms with E-state index in [2.05, 4.69) is 28.6 Å². The van der Waals surface area contributed by atoms with Crippen molar-refractivity contribution in [1.29, 1.82) is 0 Å². The summed E-state index contributed by atoms with van der Waals surface area (Å²) in [6.45, 7) is 2.49. The monoisotopic (exact) mass is 421 g/mol. The number of thiol groups is 1. The fourth-order valence-electron chi connectivity index (χ4n) is 2.01. The fraction of sp³-hybridized carbons (Fsp3) is 0.667. The molecule has 0 saturated carbocycles. The number of hydrogen-bond acceptors (Lipinski definition) is 8. The molecule has 0 aliphatic rings. The van der Waals surface area contributed by atoms with Crippen LogP contribution in [0.15, 0.2) is 0 Å². The van der Waals surface area contributed by atoms with Gasteiger partial charge in [0.1, 0.15) is 24.2 Å². The highest BCUT2D eigenvalue weighted by molar-refractivity contribution is 7.80. The molecule has 0 radical (unpaired) electrons. The molecule has 0 fully saturated rings. The molecule has 0 aromatic rings. The summed E-state index contributed by atoms with van der Waals surface area (Å²) in [5, 5.41) is 24.7. The summed E-state index contributed by atoms with van der Waals surface area (Å²) >= 11 is 3.93. The smallest absolute Gasteiger partial charge is 0.326 e. The molecule has 160 valence electrons. The first-order chi connectivity index (χ1) is 12.9. The van der Waals surface area contributed by atoms with Crippen LogP contribution in [0.5, 0.6) is 0 Å². The van der Waals surface area contributed by atoms with Crippen molar-refractivity contribution in [3.8, 4) is 0 Å². The molecular weight excluding hydrogens is 394 g/mol. The van der Waals surface area contributed by atoms with Gasteiger partial charge in [0.25, 0.3) is 0 Å². The maximum atomic E-state index is 12.4. The SMILES string of the molecule is CC(C)C(NC(=O)C(CC(N)=O)NC(=O)C(CS)NC(=O)C(N)CO)C(=O)O. The molecule has 0 aliphatic carbocycles. The number of hydrogen-bond donors (Lipinski definition) is 8. The molecule has 0 heterocycles. The summed E-state index contributed by atoms with van der Waals surface area (Å²) in [6, 6.07) is -5.20. The Labute approximate surface area is 167 Å². The van der Waals surface area contributed by atoms with E-state index in [0.29, 0.717) is 0 Å². The van der Waals surface area contributed by atoms with Gasteiger partial charge in [-0.2, -0.15) is 12.6 Å². The van der Waals surface area contributed by atoms with E-state index in [1.54, 1.807) is 13.8 Å². The standard InChI is InChI=1S/C15H27N5O7S/c1-6(2)11(15(26)27)20-13(24)8(3-10(17)22)18-14(25)9(5-28)19-12(23)7(16)4-21/h6-9,11,21,28H,3-5,16H2,1-2H3,(H2,17,22)(H,18,25)(H,19,23)(H,20,24)(H,26,27). The Balaban J connectivity index is 5.26. The molecule has 0 saturated heterocycles. The summed E-state index contributed by atoms with van der Waals surface area (Å²) in [4.78, 5) is 58.9. The number of aliphatic carboxylic acids is 1. The Morgan fingerprint density at radius 3 is 1.86 bits per heavy atom. The van der Waals surface area contributed by atoms with Gasteiger partial charge in [0, 0.05) is 5.75 Å². The second kappa shape index (κ2) is 12.2. The Morgan fingerprint density at radius 1 is 0.964 bits per heavy atom. The van der Waals surface area contributed by atoms with Crippen molar-refractivity contribution in [2.45, 2.75) is 44.4 Å².